The van der Waals surface area contributed by atoms with Crippen LogP contribution in [0.25, 0.3) is 12.2 Å². The Morgan fingerprint density at radius 1 is 0.812 bits per heavy atom. The third-order valence-corrected chi connectivity index (χ3v) is 4.19. The smallest absolute Gasteiger partial charge is 0.328 e. The molecule has 0 fully saturated rings. The largest absolute Gasteiger partial charge is 0.478 e. The van der Waals surface area contributed by atoms with E-state index in [1.165, 1.54) is 26.0 Å². The van der Waals surface area contributed by atoms with Gasteiger partial charge in [-0.25, -0.2) is 9.59 Å². The van der Waals surface area contributed by atoms with Gasteiger partial charge in [0.25, 0.3) is 0 Å². The van der Waals surface area contributed by atoms with Crippen molar-refractivity contribution in [3.8, 4) is 11.5 Å². The summed E-state index contributed by atoms with van der Waals surface area (Å²) >= 11 is 2.20. The van der Waals surface area contributed by atoms with Crippen molar-refractivity contribution in [3.63, 3.8) is 0 Å². The quantitative estimate of drug-likeness (QED) is 0.235. The van der Waals surface area contributed by atoms with Crippen molar-refractivity contribution in [2.24, 2.45) is 0 Å². The number of benzene rings is 2. The van der Waals surface area contributed by atoms with Crippen LogP contribution in [-0.4, -0.2) is 34.1 Å². The van der Waals surface area contributed by atoms with E-state index in [1.54, 1.807) is 19.1 Å². The maximum Gasteiger partial charge on any atom is 0.328 e. The number of esters is 2. The van der Waals surface area contributed by atoms with Gasteiger partial charge in [0.2, 0.25) is 0 Å². The van der Waals surface area contributed by atoms with Crippen molar-refractivity contribution in [1.29, 1.82) is 0 Å². The number of carboxylic acid groups (broad SMARTS) is 2. The lowest BCUT2D eigenvalue weighted by Crippen LogP contribution is -2.08. The average molecular weight is 552 g/mol. The molecule has 0 aliphatic carbocycles. The van der Waals surface area contributed by atoms with Gasteiger partial charge in [-0.05, 0) is 82.6 Å². The third kappa shape index (κ3) is 10.5. The Morgan fingerprint density at radius 3 is 1.78 bits per heavy atom. The fourth-order valence-corrected chi connectivity index (χ4v) is 2.64. The molecule has 0 saturated carbocycles. The van der Waals surface area contributed by atoms with Crippen LogP contribution in [0.1, 0.15) is 30.5 Å². The van der Waals surface area contributed by atoms with E-state index in [2.05, 4.69) is 22.6 Å². The number of halogens is 1. The summed E-state index contributed by atoms with van der Waals surface area (Å²) in [5.74, 6) is -2.93. The first-order valence-corrected chi connectivity index (χ1v) is 10.1. The first-order chi connectivity index (χ1) is 15.0. The zero-order chi connectivity index (χ0) is 24.3. The van der Waals surface area contributed by atoms with Crippen LogP contribution in [-0.2, 0) is 19.2 Å². The topological polar surface area (TPSA) is 127 Å². The van der Waals surface area contributed by atoms with Gasteiger partial charge < -0.3 is 19.7 Å². The Labute approximate surface area is 198 Å². The number of aryl methyl sites for hydroxylation is 1. The Balaban J connectivity index is 0.000000363. The van der Waals surface area contributed by atoms with Gasteiger partial charge in [-0.15, -0.1) is 0 Å². The minimum atomic E-state index is -1.10. The molecule has 0 aliphatic heterocycles. The molecule has 32 heavy (non-hydrogen) atoms. The monoisotopic (exact) mass is 552 g/mol. The first kappa shape index (κ1) is 26.6. The second-order valence-corrected chi connectivity index (χ2v) is 7.49. The molecule has 0 radical (unpaired) electrons. The summed E-state index contributed by atoms with van der Waals surface area (Å²) in [5.41, 5.74) is 1.96. The van der Waals surface area contributed by atoms with Crippen molar-refractivity contribution in [1.82, 2.24) is 0 Å². The molecule has 2 aromatic carbocycles. The lowest BCUT2D eigenvalue weighted by atomic mass is 10.1. The molecule has 2 aromatic rings. The highest BCUT2D eigenvalue weighted by atomic mass is 127. The summed E-state index contributed by atoms with van der Waals surface area (Å²) in [6.07, 6.45) is 5.00. The lowest BCUT2D eigenvalue weighted by Gasteiger charge is -2.12. The molecule has 2 N–H and O–H groups in total. The molecule has 0 unspecified atom stereocenters. The zero-order valence-corrected chi connectivity index (χ0v) is 19.7. The average Bonchev–Trinajstić information content (AvgIpc) is 2.68. The standard InChI is InChI=1S/C14H14O6.C9H7IO2/c1-8-6-11(4-5-13(17)18)7-12(19-9(2)15)14(8)20-10(3)16;10-8-4-1-7(2-5-8)3-6-9(11)12/h4-7H,1-3H3,(H,17,18);1-6H,(H,11,12)/b5-4+;6-3+. The number of rotatable bonds is 6. The van der Waals surface area contributed by atoms with E-state index >= 15 is 0 Å². The van der Waals surface area contributed by atoms with E-state index in [9.17, 15) is 19.2 Å². The van der Waals surface area contributed by atoms with E-state index in [0.717, 1.165) is 21.3 Å². The minimum absolute atomic E-state index is 0.0674. The Morgan fingerprint density at radius 2 is 1.31 bits per heavy atom. The Bertz CT molecular complexity index is 1050. The molecule has 8 nitrogen and oxygen atoms in total. The molecular formula is C23H21IO8. The SMILES string of the molecule is CC(=O)Oc1cc(/C=C/C(=O)O)cc(C)c1OC(C)=O.O=C(O)/C=C/c1ccc(I)cc1. The van der Waals surface area contributed by atoms with E-state index < -0.39 is 23.9 Å². The normalized spacial score (nSPS) is 10.4. The van der Waals surface area contributed by atoms with Gasteiger partial charge in [0.05, 0.1) is 0 Å². The van der Waals surface area contributed by atoms with Crippen molar-refractivity contribution in [2.45, 2.75) is 20.8 Å². The number of carbonyl (C=O) groups excluding carboxylic acids is 2. The molecule has 0 aromatic heterocycles. The first-order valence-electron chi connectivity index (χ1n) is 9.07. The number of aliphatic carboxylic acids is 2. The van der Waals surface area contributed by atoms with E-state index in [1.807, 2.05) is 24.3 Å². The third-order valence-electron chi connectivity index (χ3n) is 3.47. The summed E-state index contributed by atoms with van der Waals surface area (Å²) in [6, 6.07) is 10.7. The highest BCUT2D eigenvalue weighted by Crippen LogP contribution is 2.33. The summed E-state index contributed by atoms with van der Waals surface area (Å²) in [7, 11) is 0. The molecule has 168 valence electrons. The predicted octanol–water partition coefficient (Wildman–Crippen LogP) is 4.33. The molecule has 0 amide bonds. The zero-order valence-electron chi connectivity index (χ0n) is 17.5. The highest BCUT2D eigenvalue weighted by molar-refractivity contribution is 14.1. The van der Waals surface area contributed by atoms with Crippen LogP contribution in [0.5, 0.6) is 11.5 Å². The van der Waals surface area contributed by atoms with Crippen molar-refractivity contribution in [2.75, 3.05) is 0 Å². The summed E-state index contributed by atoms with van der Waals surface area (Å²) < 4.78 is 11.1. The fraction of sp³-hybridized carbons (Fsp3) is 0.130. The van der Waals surface area contributed by atoms with Crippen LogP contribution in [0, 0.1) is 10.5 Å². The number of hydrogen-bond donors (Lipinski definition) is 2. The highest BCUT2D eigenvalue weighted by Gasteiger charge is 2.14. The molecule has 2 rings (SSSR count). The van der Waals surface area contributed by atoms with Crippen LogP contribution >= 0.6 is 22.6 Å². The van der Waals surface area contributed by atoms with Crippen LogP contribution in [0.2, 0.25) is 0 Å². The summed E-state index contributed by atoms with van der Waals surface area (Å²) in [6.45, 7) is 4.10. The number of carboxylic acids is 2. The Hall–Kier alpha value is -3.47. The van der Waals surface area contributed by atoms with Gasteiger partial charge in [0, 0.05) is 29.6 Å². The minimum Gasteiger partial charge on any atom is -0.478 e. The fourth-order valence-electron chi connectivity index (χ4n) is 2.28. The van der Waals surface area contributed by atoms with Crippen LogP contribution in [0.4, 0.5) is 0 Å². The van der Waals surface area contributed by atoms with Crippen molar-refractivity contribution in [3.05, 3.63) is 68.8 Å². The molecule has 0 heterocycles. The Kier molecular flexibility index (Phi) is 10.8. The molecule has 0 aliphatic rings. The summed E-state index contributed by atoms with van der Waals surface area (Å²) in [5, 5.41) is 16.9. The number of carbonyl (C=O) groups is 4. The van der Waals surface area contributed by atoms with Crippen LogP contribution in [0.3, 0.4) is 0 Å². The van der Waals surface area contributed by atoms with Gasteiger partial charge in [-0.3, -0.25) is 9.59 Å². The van der Waals surface area contributed by atoms with Gasteiger partial charge in [0.15, 0.2) is 11.5 Å². The molecule has 0 saturated heterocycles. The van der Waals surface area contributed by atoms with Gasteiger partial charge >= 0.3 is 23.9 Å². The van der Waals surface area contributed by atoms with Crippen molar-refractivity contribution < 1.29 is 38.9 Å². The molecule has 0 bridgehead atoms. The van der Waals surface area contributed by atoms with Gasteiger partial charge in [0.1, 0.15) is 0 Å². The van der Waals surface area contributed by atoms with Crippen LogP contribution < -0.4 is 9.47 Å². The second-order valence-electron chi connectivity index (χ2n) is 6.25. The van der Waals surface area contributed by atoms with E-state index in [4.69, 9.17) is 19.7 Å². The van der Waals surface area contributed by atoms with Gasteiger partial charge in [-0.1, -0.05) is 12.1 Å². The van der Waals surface area contributed by atoms with Crippen LogP contribution in [0.15, 0.2) is 48.6 Å². The molecule has 9 heteroatoms. The molecule has 0 atom stereocenters. The summed E-state index contributed by atoms with van der Waals surface area (Å²) in [4.78, 5) is 42.8. The second kappa shape index (κ2) is 13.1. The predicted molar refractivity (Wildman–Crippen MR) is 126 cm³/mol. The van der Waals surface area contributed by atoms with Gasteiger partial charge in [-0.2, -0.15) is 0 Å². The van der Waals surface area contributed by atoms with E-state index in [0.29, 0.717) is 11.1 Å². The maximum atomic E-state index is 11.1. The lowest BCUT2D eigenvalue weighted by molar-refractivity contribution is -0.134. The maximum absolute atomic E-state index is 11.1. The number of ether oxygens (including phenoxy) is 2. The van der Waals surface area contributed by atoms with Crippen molar-refractivity contribution >= 4 is 58.6 Å². The molecular weight excluding hydrogens is 531 g/mol. The molecule has 0 spiro atoms. The van der Waals surface area contributed by atoms with E-state index in [-0.39, 0.29) is 11.5 Å². The number of hydrogen-bond acceptors (Lipinski definition) is 6.